The SMILES string of the molecule is CC(C)CC(C(=O)Nc1ccc(Cl)cc1)N1C(=O)C2C3C=CC(C3)C2C1=O. The van der Waals surface area contributed by atoms with Gasteiger partial charge in [-0.05, 0) is 54.9 Å². The monoisotopic (exact) mass is 386 g/mol. The molecule has 2 aliphatic carbocycles. The molecular formula is C21H23ClN2O3. The molecule has 0 radical (unpaired) electrons. The minimum Gasteiger partial charge on any atom is -0.324 e. The average Bonchev–Trinajstić information content (AvgIpc) is 3.29. The van der Waals surface area contributed by atoms with Crippen LogP contribution in [0.3, 0.4) is 0 Å². The van der Waals surface area contributed by atoms with E-state index in [0.717, 1.165) is 6.42 Å². The summed E-state index contributed by atoms with van der Waals surface area (Å²) in [5.41, 5.74) is 0.596. The standard InChI is InChI=1S/C21H23ClN2O3/c1-11(2)9-16(19(25)23-15-7-5-14(22)6-8-15)24-20(26)17-12-3-4-13(10-12)18(17)21(24)27/h3-8,11-13,16-18H,9-10H2,1-2H3,(H,23,25). The molecular weight excluding hydrogens is 364 g/mol. The highest BCUT2D eigenvalue weighted by atomic mass is 35.5. The van der Waals surface area contributed by atoms with Gasteiger partial charge in [-0.3, -0.25) is 19.3 Å². The van der Waals surface area contributed by atoms with Gasteiger partial charge in [-0.25, -0.2) is 0 Å². The fourth-order valence-corrected chi connectivity index (χ4v) is 4.89. The molecule has 1 aromatic rings. The van der Waals surface area contributed by atoms with Gasteiger partial charge in [0.05, 0.1) is 11.8 Å². The molecule has 3 amide bonds. The Kier molecular flexibility index (Phi) is 4.58. The molecule has 1 saturated carbocycles. The van der Waals surface area contributed by atoms with Crippen LogP contribution < -0.4 is 5.32 Å². The van der Waals surface area contributed by atoms with Gasteiger partial charge in [0.15, 0.2) is 0 Å². The van der Waals surface area contributed by atoms with Gasteiger partial charge in [-0.1, -0.05) is 37.6 Å². The maximum absolute atomic E-state index is 13.1. The zero-order valence-electron chi connectivity index (χ0n) is 15.4. The van der Waals surface area contributed by atoms with E-state index in [4.69, 9.17) is 11.6 Å². The number of amides is 3. The van der Waals surface area contributed by atoms with Gasteiger partial charge in [0, 0.05) is 10.7 Å². The van der Waals surface area contributed by atoms with Crippen LogP contribution in [0, 0.1) is 29.6 Å². The van der Waals surface area contributed by atoms with Crippen molar-refractivity contribution in [3.63, 3.8) is 0 Å². The van der Waals surface area contributed by atoms with E-state index in [1.165, 1.54) is 4.90 Å². The summed E-state index contributed by atoms with van der Waals surface area (Å²) in [5.74, 6) is -0.815. The number of benzene rings is 1. The molecule has 2 fully saturated rings. The Labute approximate surface area is 163 Å². The number of hydrogen-bond acceptors (Lipinski definition) is 3. The summed E-state index contributed by atoms with van der Waals surface area (Å²) < 4.78 is 0. The van der Waals surface area contributed by atoms with Gasteiger partial charge >= 0.3 is 0 Å². The highest BCUT2D eigenvalue weighted by Gasteiger charge is 2.61. The normalized spacial score (nSPS) is 29.6. The number of likely N-dealkylation sites (tertiary alicyclic amines) is 1. The molecule has 1 aliphatic heterocycles. The Balaban J connectivity index is 1.58. The van der Waals surface area contributed by atoms with Crippen molar-refractivity contribution in [3.8, 4) is 0 Å². The third-order valence-corrected chi connectivity index (χ3v) is 6.18. The van der Waals surface area contributed by atoms with Crippen molar-refractivity contribution in [2.75, 3.05) is 5.32 Å². The van der Waals surface area contributed by atoms with Crippen molar-refractivity contribution in [3.05, 3.63) is 41.4 Å². The smallest absolute Gasteiger partial charge is 0.247 e. The number of carbonyl (C=O) groups excluding carboxylic acids is 3. The van der Waals surface area contributed by atoms with Crippen molar-refractivity contribution in [2.45, 2.75) is 32.7 Å². The van der Waals surface area contributed by atoms with Crippen molar-refractivity contribution in [2.24, 2.45) is 29.6 Å². The second kappa shape index (κ2) is 6.79. The number of rotatable bonds is 5. The Morgan fingerprint density at radius 1 is 1.11 bits per heavy atom. The molecule has 1 N–H and O–H groups in total. The molecule has 142 valence electrons. The third-order valence-electron chi connectivity index (χ3n) is 5.93. The summed E-state index contributed by atoms with van der Waals surface area (Å²) in [5, 5.41) is 3.41. The fourth-order valence-electron chi connectivity index (χ4n) is 4.77. The summed E-state index contributed by atoms with van der Waals surface area (Å²) >= 11 is 5.89. The van der Waals surface area contributed by atoms with Crippen LogP contribution in [0.1, 0.15) is 26.7 Å². The van der Waals surface area contributed by atoms with Crippen LogP contribution >= 0.6 is 11.6 Å². The summed E-state index contributed by atoms with van der Waals surface area (Å²) in [6, 6.07) is 6.01. The Morgan fingerprint density at radius 3 is 2.19 bits per heavy atom. The van der Waals surface area contributed by atoms with Gasteiger partial charge < -0.3 is 5.32 Å². The van der Waals surface area contributed by atoms with Crippen LogP contribution in [-0.4, -0.2) is 28.7 Å². The number of imide groups is 1. The van der Waals surface area contributed by atoms with E-state index in [1.807, 2.05) is 13.8 Å². The largest absolute Gasteiger partial charge is 0.324 e. The molecule has 5 nitrogen and oxygen atoms in total. The van der Waals surface area contributed by atoms with Gasteiger partial charge in [0.2, 0.25) is 17.7 Å². The molecule has 3 aliphatic rings. The highest BCUT2D eigenvalue weighted by Crippen LogP contribution is 2.53. The molecule has 1 heterocycles. The number of hydrogen-bond donors (Lipinski definition) is 1. The Bertz CT molecular complexity index is 787. The number of carbonyl (C=O) groups is 3. The molecule has 2 bridgehead atoms. The number of anilines is 1. The fraction of sp³-hybridized carbons (Fsp3) is 0.476. The van der Waals surface area contributed by atoms with Crippen LogP contribution in [0.25, 0.3) is 0 Å². The maximum Gasteiger partial charge on any atom is 0.247 e. The van der Waals surface area contributed by atoms with Crippen molar-refractivity contribution in [1.82, 2.24) is 4.90 Å². The predicted octanol–water partition coefficient (Wildman–Crippen LogP) is 3.50. The van der Waals surface area contributed by atoms with E-state index in [1.54, 1.807) is 24.3 Å². The van der Waals surface area contributed by atoms with Gasteiger partial charge in [-0.15, -0.1) is 0 Å². The van der Waals surface area contributed by atoms with Crippen molar-refractivity contribution >= 4 is 35.0 Å². The molecule has 4 rings (SSSR count). The Morgan fingerprint density at radius 2 is 1.67 bits per heavy atom. The van der Waals surface area contributed by atoms with E-state index >= 15 is 0 Å². The zero-order chi connectivity index (χ0) is 19.3. The molecule has 5 atom stereocenters. The first-order chi connectivity index (χ1) is 12.9. The topological polar surface area (TPSA) is 66.5 Å². The van der Waals surface area contributed by atoms with Crippen LogP contribution in [0.4, 0.5) is 5.69 Å². The van der Waals surface area contributed by atoms with E-state index in [0.29, 0.717) is 17.1 Å². The summed E-state index contributed by atoms with van der Waals surface area (Å²) in [6.45, 7) is 3.97. The first-order valence-electron chi connectivity index (χ1n) is 9.48. The van der Waals surface area contributed by atoms with Gasteiger partial charge in [0.25, 0.3) is 0 Å². The zero-order valence-corrected chi connectivity index (χ0v) is 16.1. The molecule has 0 spiro atoms. The minimum atomic E-state index is -0.786. The third kappa shape index (κ3) is 3.08. The van der Waals surface area contributed by atoms with E-state index < -0.39 is 6.04 Å². The van der Waals surface area contributed by atoms with Crippen LogP contribution in [0.5, 0.6) is 0 Å². The molecule has 0 aromatic heterocycles. The molecule has 1 saturated heterocycles. The van der Waals surface area contributed by atoms with E-state index in [9.17, 15) is 14.4 Å². The second-order valence-electron chi connectivity index (χ2n) is 8.19. The van der Waals surface area contributed by atoms with Gasteiger partial charge in [-0.2, -0.15) is 0 Å². The lowest BCUT2D eigenvalue weighted by Gasteiger charge is -2.28. The first kappa shape index (κ1) is 18.2. The lowest BCUT2D eigenvalue weighted by Crippen LogP contribution is -2.49. The van der Waals surface area contributed by atoms with Gasteiger partial charge in [0.1, 0.15) is 6.04 Å². The van der Waals surface area contributed by atoms with Crippen LogP contribution in [0.15, 0.2) is 36.4 Å². The number of nitrogens with one attached hydrogen (secondary N) is 1. The number of allylic oxidation sites excluding steroid dienone is 2. The second-order valence-corrected chi connectivity index (χ2v) is 8.62. The lowest BCUT2D eigenvalue weighted by molar-refractivity contribution is -0.147. The summed E-state index contributed by atoms with van der Waals surface area (Å²) in [6.07, 6.45) is 5.45. The highest BCUT2D eigenvalue weighted by molar-refractivity contribution is 6.30. The quantitative estimate of drug-likeness (QED) is 0.622. The van der Waals surface area contributed by atoms with Crippen LogP contribution in [0.2, 0.25) is 5.02 Å². The van der Waals surface area contributed by atoms with Crippen LogP contribution in [-0.2, 0) is 14.4 Å². The average molecular weight is 387 g/mol. The number of halogens is 1. The first-order valence-corrected chi connectivity index (χ1v) is 9.86. The minimum absolute atomic E-state index is 0.139. The summed E-state index contributed by atoms with van der Waals surface area (Å²) in [4.78, 5) is 40.4. The van der Waals surface area contributed by atoms with E-state index in [2.05, 4.69) is 17.5 Å². The van der Waals surface area contributed by atoms with E-state index in [-0.39, 0.29) is 47.3 Å². The molecule has 1 aromatic carbocycles. The number of nitrogens with zero attached hydrogens (tertiary/aromatic N) is 1. The molecule has 6 heteroatoms. The molecule has 5 unspecified atom stereocenters. The number of fused-ring (bicyclic) bond motifs is 5. The Hall–Kier alpha value is -2.14. The van der Waals surface area contributed by atoms with Crippen molar-refractivity contribution < 1.29 is 14.4 Å². The lowest BCUT2D eigenvalue weighted by atomic mass is 9.85. The summed E-state index contributed by atoms with van der Waals surface area (Å²) in [7, 11) is 0. The predicted molar refractivity (Wildman–Crippen MR) is 103 cm³/mol. The molecule has 27 heavy (non-hydrogen) atoms. The maximum atomic E-state index is 13.1. The van der Waals surface area contributed by atoms with Crippen molar-refractivity contribution in [1.29, 1.82) is 0 Å².